The smallest absolute Gasteiger partial charge is 0.242 e. The summed E-state index contributed by atoms with van der Waals surface area (Å²) in [6.07, 6.45) is 5.12. The molecule has 25 heavy (non-hydrogen) atoms. The standard InChI is InChI=1S/C15H17N3O3.2CH5N/c1-3-10-6-4-5-7-11(10)8-14(20)18-12(9-13(16)19)15(21)17-2;2*1-2/h1,4-7,12H,8-9H2,2H3,(H2,16,19)(H,17,21)(H,18,20);2*2H2,1H3/t12-;;/m0../s1. The summed E-state index contributed by atoms with van der Waals surface area (Å²) in [5.74, 6) is 0.925. The lowest BCUT2D eigenvalue weighted by atomic mass is 10.0. The Labute approximate surface area is 148 Å². The monoisotopic (exact) mass is 349 g/mol. The van der Waals surface area contributed by atoms with Crippen LogP contribution in [0.4, 0.5) is 0 Å². The predicted octanol–water partition coefficient (Wildman–Crippen LogP) is -1.53. The van der Waals surface area contributed by atoms with E-state index in [1.807, 2.05) is 0 Å². The molecule has 0 aliphatic heterocycles. The molecule has 0 aromatic heterocycles. The number of nitrogens with one attached hydrogen (secondary N) is 2. The van der Waals surface area contributed by atoms with E-state index in [1.165, 1.54) is 21.1 Å². The maximum Gasteiger partial charge on any atom is 0.242 e. The molecule has 0 fully saturated rings. The summed E-state index contributed by atoms with van der Waals surface area (Å²) in [6.45, 7) is 0. The first-order chi connectivity index (χ1) is 12.0. The first kappa shape index (κ1) is 24.4. The van der Waals surface area contributed by atoms with Gasteiger partial charge in [-0.2, -0.15) is 0 Å². The number of hydrogen-bond acceptors (Lipinski definition) is 5. The zero-order valence-corrected chi connectivity index (χ0v) is 14.8. The average Bonchev–Trinajstić information content (AvgIpc) is 2.63. The SMILES string of the molecule is C#Cc1ccccc1CC(=O)N[C@@H](CC(N)=O)C(=O)NC.CN.CN. The Hall–Kier alpha value is -2.89. The second-order valence-corrected chi connectivity index (χ2v) is 4.38. The molecule has 0 radical (unpaired) electrons. The van der Waals surface area contributed by atoms with Gasteiger partial charge in [0.05, 0.1) is 12.8 Å². The van der Waals surface area contributed by atoms with E-state index in [1.54, 1.807) is 24.3 Å². The fourth-order valence-electron chi connectivity index (χ4n) is 1.82. The van der Waals surface area contributed by atoms with Crippen LogP contribution in [0.1, 0.15) is 17.5 Å². The summed E-state index contributed by atoms with van der Waals surface area (Å²) in [5, 5.41) is 4.85. The molecule has 0 saturated heterocycles. The second kappa shape index (κ2) is 14.7. The van der Waals surface area contributed by atoms with Gasteiger partial charge in [-0.1, -0.05) is 24.1 Å². The molecule has 0 aliphatic carbocycles. The van der Waals surface area contributed by atoms with Crippen LogP contribution in [0.15, 0.2) is 24.3 Å². The number of nitrogens with two attached hydrogens (primary N) is 3. The van der Waals surface area contributed by atoms with Gasteiger partial charge < -0.3 is 27.8 Å². The van der Waals surface area contributed by atoms with Gasteiger partial charge in [0.2, 0.25) is 17.7 Å². The van der Waals surface area contributed by atoms with E-state index in [0.717, 1.165) is 0 Å². The van der Waals surface area contributed by atoms with E-state index < -0.39 is 23.8 Å². The second-order valence-electron chi connectivity index (χ2n) is 4.38. The summed E-state index contributed by atoms with van der Waals surface area (Å²) >= 11 is 0. The minimum atomic E-state index is -0.988. The number of benzene rings is 1. The molecule has 0 bridgehead atoms. The molecule has 0 spiro atoms. The number of likely N-dealkylation sites (N-methyl/N-ethyl adjacent to an activating group) is 1. The van der Waals surface area contributed by atoms with Gasteiger partial charge in [0, 0.05) is 12.6 Å². The van der Waals surface area contributed by atoms with Crippen molar-refractivity contribution in [3.63, 3.8) is 0 Å². The molecule has 138 valence electrons. The molecule has 0 heterocycles. The number of hydrogen-bond donors (Lipinski definition) is 5. The Morgan fingerprint density at radius 1 is 1.16 bits per heavy atom. The Morgan fingerprint density at radius 3 is 2.20 bits per heavy atom. The van der Waals surface area contributed by atoms with E-state index in [2.05, 4.69) is 28.0 Å². The molecule has 0 unspecified atom stereocenters. The summed E-state index contributed by atoms with van der Waals surface area (Å²) in [6, 6.07) is 6.01. The number of rotatable bonds is 6. The molecule has 0 saturated carbocycles. The Bertz CT molecular complexity index is 596. The van der Waals surface area contributed by atoms with Crippen molar-refractivity contribution in [2.75, 3.05) is 21.1 Å². The van der Waals surface area contributed by atoms with Gasteiger partial charge in [-0.25, -0.2) is 0 Å². The Kier molecular flexibility index (Phi) is 14.3. The molecule has 8 nitrogen and oxygen atoms in total. The molecule has 1 rings (SSSR count). The van der Waals surface area contributed by atoms with Crippen LogP contribution in [0, 0.1) is 12.3 Å². The third-order valence-electron chi connectivity index (χ3n) is 2.83. The van der Waals surface area contributed by atoms with Gasteiger partial charge in [-0.3, -0.25) is 14.4 Å². The summed E-state index contributed by atoms with van der Waals surface area (Å²) in [4.78, 5) is 34.5. The quantitative estimate of drug-likeness (QED) is 0.394. The van der Waals surface area contributed by atoms with Crippen LogP contribution in [-0.4, -0.2) is 44.9 Å². The fraction of sp³-hybridized carbons (Fsp3) is 0.353. The highest BCUT2D eigenvalue weighted by atomic mass is 16.2. The maximum atomic E-state index is 12.0. The van der Waals surface area contributed by atoms with Gasteiger partial charge in [0.15, 0.2) is 0 Å². The number of amides is 3. The van der Waals surface area contributed by atoms with Crippen LogP contribution >= 0.6 is 0 Å². The predicted molar refractivity (Wildman–Crippen MR) is 98.1 cm³/mol. The largest absolute Gasteiger partial charge is 0.370 e. The van der Waals surface area contributed by atoms with Gasteiger partial charge in [0.1, 0.15) is 6.04 Å². The van der Waals surface area contributed by atoms with Crippen molar-refractivity contribution in [1.29, 1.82) is 0 Å². The summed E-state index contributed by atoms with van der Waals surface area (Å²) in [7, 11) is 4.41. The lowest BCUT2D eigenvalue weighted by Gasteiger charge is -2.16. The maximum absolute atomic E-state index is 12.0. The van der Waals surface area contributed by atoms with E-state index in [0.29, 0.717) is 11.1 Å². The molecule has 1 aromatic rings. The summed E-state index contributed by atoms with van der Waals surface area (Å²) < 4.78 is 0. The molecule has 1 aromatic carbocycles. The van der Waals surface area contributed by atoms with E-state index >= 15 is 0 Å². The number of terminal acetylenes is 1. The lowest BCUT2D eigenvalue weighted by molar-refractivity contribution is -0.130. The highest BCUT2D eigenvalue weighted by Crippen LogP contribution is 2.08. The third-order valence-corrected chi connectivity index (χ3v) is 2.83. The van der Waals surface area contributed by atoms with Crippen LogP contribution in [0.25, 0.3) is 0 Å². The fourth-order valence-corrected chi connectivity index (χ4v) is 1.82. The van der Waals surface area contributed by atoms with Crippen molar-refractivity contribution in [3.8, 4) is 12.3 Å². The van der Waals surface area contributed by atoms with Crippen molar-refractivity contribution in [3.05, 3.63) is 35.4 Å². The number of carbonyl (C=O) groups is 3. The van der Waals surface area contributed by atoms with Crippen LogP contribution in [0.3, 0.4) is 0 Å². The molecule has 8 N–H and O–H groups in total. The molecule has 1 atom stereocenters. The Balaban J connectivity index is 0. The highest BCUT2D eigenvalue weighted by molar-refractivity contribution is 5.92. The van der Waals surface area contributed by atoms with E-state index in [4.69, 9.17) is 12.2 Å². The molecule has 3 amide bonds. The minimum Gasteiger partial charge on any atom is -0.370 e. The van der Waals surface area contributed by atoms with Crippen molar-refractivity contribution in [2.24, 2.45) is 17.2 Å². The average molecular weight is 349 g/mol. The zero-order valence-electron chi connectivity index (χ0n) is 14.8. The van der Waals surface area contributed by atoms with Crippen molar-refractivity contribution >= 4 is 17.7 Å². The van der Waals surface area contributed by atoms with Gasteiger partial charge in [0.25, 0.3) is 0 Å². The Morgan fingerprint density at radius 2 is 1.72 bits per heavy atom. The molecule has 0 aliphatic rings. The zero-order chi connectivity index (χ0) is 19.8. The number of carbonyl (C=O) groups excluding carboxylic acids is 3. The van der Waals surface area contributed by atoms with Crippen LogP contribution in [0.2, 0.25) is 0 Å². The van der Waals surface area contributed by atoms with Gasteiger partial charge >= 0.3 is 0 Å². The highest BCUT2D eigenvalue weighted by Gasteiger charge is 2.22. The van der Waals surface area contributed by atoms with Gasteiger partial charge in [-0.05, 0) is 25.7 Å². The molecular formula is C17H27N5O3. The van der Waals surface area contributed by atoms with Crippen molar-refractivity contribution in [1.82, 2.24) is 10.6 Å². The summed E-state index contributed by atoms with van der Waals surface area (Å²) in [5.41, 5.74) is 15.3. The minimum absolute atomic E-state index is 0.0205. The number of primary amides is 1. The van der Waals surface area contributed by atoms with Gasteiger partial charge in [-0.15, -0.1) is 6.42 Å². The van der Waals surface area contributed by atoms with Crippen LogP contribution in [-0.2, 0) is 20.8 Å². The molecular weight excluding hydrogens is 322 g/mol. The van der Waals surface area contributed by atoms with Crippen molar-refractivity contribution in [2.45, 2.75) is 18.9 Å². The van der Waals surface area contributed by atoms with E-state index in [9.17, 15) is 14.4 Å². The normalized spacial score (nSPS) is 9.76. The first-order valence-electron chi connectivity index (χ1n) is 7.47. The lowest BCUT2D eigenvalue weighted by Crippen LogP contribution is -2.48. The van der Waals surface area contributed by atoms with Crippen LogP contribution in [0.5, 0.6) is 0 Å². The first-order valence-corrected chi connectivity index (χ1v) is 7.47. The topological polar surface area (TPSA) is 153 Å². The van der Waals surface area contributed by atoms with Crippen LogP contribution < -0.4 is 27.8 Å². The van der Waals surface area contributed by atoms with Crippen molar-refractivity contribution < 1.29 is 14.4 Å². The third kappa shape index (κ3) is 9.76. The van der Waals surface area contributed by atoms with E-state index in [-0.39, 0.29) is 12.8 Å². The molecule has 8 heteroatoms.